The van der Waals surface area contributed by atoms with E-state index in [1.54, 1.807) is 6.08 Å². The average Bonchev–Trinajstić information content (AvgIpc) is 2.50. The van der Waals surface area contributed by atoms with Gasteiger partial charge >= 0.3 is 0 Å². The first-order valence-corrected chi connectivity index (χ1v) is 8.86. The molecule has 0 fully saturated rings. The van der Waals surface area contributed by atoms with E-state index in [9.17, 15) is 4.79 Å². The van der Waals surface area contributed by atoms with Gasteiger partial charge < -0.3 is 5.32 Å². The Morgan fingerprint density at radius 3 is 2.48 bits per heavy atom. The molecule has 0 spiro atoms. The van der Waals surface area contributed by atoms with E-state index in [1.165, 1.54) is 11.1 Å². The number of anilines is 1. The van der Waals surface area contributed by atoms with Crippen LogP contribution in [0.4, 0.5) is 5.69 Å². The molecule has 0 atom stereocenters. The number of aryl methyl sites for hydroxylation is 1. The van der Waals surface area contributed by atoms with Gasteiger partial charge in [-0.15, -0.1) is 0 Å². The molecule has 23 heavy (non-hydrogen) atoms. The largest absolute Gasteiger partial charge is 0.322 e. The summed E-state index contributed by atoms with van der Waals surface area (Å²) in [5.74, 6) is 0.537. The standard InChI is InChI=1S/C20H22INO/c1-14(2)12-17-7-5-16(6-8-17)9-11-20(23)22-18-10-4-15(3)19(21)13-18/h4-11,13-14H,12H2,1-3H3,(H,22,23)/b11-9-. The third kappa shape index (κ3) is 5.82. The van der Waals surface area contributed by atoms with Crippen LogP contribution in [0.5, 0.6) is 0 Å². The van der Waals surface area contributed by atoms with Crippen molar-refractivity contribution in [1.29, 1.82) is 0 Å². The highest BCUT2D eigenvalue weighted by atomic mass is 127. The van der Waals surface area contributed by atoms with Crippen LogP contribution in [0.25, 0.3) is 6.08 Å². The highest BCUT2D eigenvalue weighted by Crippen LogP contribution is 2.17. The molecule has 2 rings (SSSR count). The number of hydrogen-bond acceptors (Lipinski definition) is 1. The van der Waals surface area contributed by atoms with E-state index >= 15 is 0 Å². The van der Waals surface area contributed by atoms with Crippen LogP contribution in [0.15, 0.2) is 48.5 Å². The SMILES string of the molecule is Cc1ccc(NC(=O)/C=C\c2ccc(CC(C)C)cc2)cc1I. The van der Waals surface area contributed by atoms with Gasteiger partial charge in [0.05, 0.1) is 0 Å². The van der Waals surface area contributed by atoms with Crippen LogP contribution < -0.4 is 5.32 Å². The lowest BCUT2D eigenvalue weighted by Crippen LogP contribution is -2.07. The summed E-state index contributed by atoms with van der Waals surface area (Å²) in [5, 5.41) is 2.89. The second-order valence-corrected chi connectivity index (χ2v) is 7.29. The van der Waals surface area contributed by atoms with Crippen LogP contribution >= 0.6 is 22.6 Å². The predicted octanol–water partition coefficient (Wildman–Crippen LogP) is 5.45. The van der Waals surface area contributed by atoms with Crippen LogP contribution in [-0.2, 0) is 11.2 Å². The summed E-state index contributed by atoms with van der Waals surface area (Å²) in [7, 11) is 0. The van der Waals surface area contributed by atoms with Crippen molar-refractivity contribution < 1.29 is 4.79 Å². The molecule has 2 aromatic carbocycles. The Labute approximate surface area is 152 Å². The first-order chi connectivity index (χ1) is 10.9. The smallest absolute Gasteiger partial charge is 0.248 e. The van der Waals surface area contributed by atoms with Crippen molar-refractivity contribution in [1.82, 2.24) is 0 Å². The number of rotatable bonds is 5. The van der Waals surface area contributed by atoms with Gasteiger partial charge in [0, 0.05) is 15.3 Å². The average molecular weight is 419 g/mol. The highest BCUT2D eigenvalue weighted by Gasteiger charge is 2.01. The summed E-state index contributed by atoms with van der Waals surface area (Å²) in [6, 6.07) is 14.3. The molecular weight excluding hydrogens is 397 g/mol. The second-order valence-electron chi connectivity index (χ2n) is 6.13. The van der Waals surface area contributed by atoms with Crippen molar-refractivity contribution >= 4 is 40.3 Å². The molecule has 1 N–H and O–H groups in total. The molecular formula is C20H22INO. The van der Waals surface area contributed by atoms with E-state index in [1.807, 2.05) is 24.3 Å². The molecule has 0 saturated carbocycles. The van der Waals surface area contributed by atoms with Gasteiger partial charge in [-0.1, -0.05) is 44.2 Å². The lowest BCUT2D eigenvalue weighted by atomic mass is 10.0. The van der Waals surface area contributed by atoms with E-state index in [2.05, 4.69) is 72.9 Å². The fourth-order valence-electron chi connectivity index (χ4n) is 2.26. The Morgan fingerprint density at radius 1 is 1.17 bits per heavy atom. The predicted molar refractivity (Wildman–Crippen MR) is 107 cm³/mol. The lowest BCUT2D eigenvalue weighted by Gasteiger charge is -2.05. The Bertz CT molecular complexity index is 702. The lowest BCUT2D eigenvalue weighted by molar-refractivity contribution is -0.111. The third-order valence-corrected chi connectivity index (χ3v) is 4.65. The minimum atomic E-state index is -0.115. The highest BCUT2D eigenvalue weighted by molar-refractivity contribution is 14.1. The van der Waals surface area contributed by atoms with E-state index < -0.39 is 0 Å². The first-order valence-electron chi connectivity index (χ1n) is 7.78. The zero-order chi connectivity index (χ0) is 16.8. The Kier molecular flexibility index (Phi) is 6.39. The maximum absolute atomic E-state index is 12.0. The summed E-state index contributed by atoms with van der Waals surface area (Å²) in [4.78, 5) is 12.0. The van der Waals surface area contributed by atoms with Crippen molar-refractivity contribution in [3.8, 4) is 0 Å². The number of benzene rings is 2. The topological polar surface area (TPSA) is 29.1 Å². The molecule has 0 radical (unpaired) electrons. The summed E-state index contributed by atoms with van der Waals surface area (Å²) in [5.41, 5.74) is 4.39. The van der Waals surface area contributed by atoms with Gasteiger partial charge in [-0.2, -0.15) is 0 Å². The van der Waals surface area contributed by atoms with Crippen molar-refractivity contribution in [3.05, 3.63) is 68.8 Å². The van der Waals surface area contributed by atoms with E-state index in [4.69, 9.17) is 0 Å². The van der Waals surface area contributed by atoms with Crippen LogP contribution in [0, 0.1) is 16.4 Å². The van der Waals surface area contributed by atoms with Crippen LogP contribution in [0.3, 0.4) is 0 Å². The van der Waals surface area contributed by atoms with Gasteiger partial charge in [-0.3, -0.25) is 4.79 Å². The molecule has 0 aromatic heterocycles. The first kappa shape index (κ1) is 17.7. The molecule has 0 saturated heterocycles. The normalized spacial score (nSPS) is 11.2. The Balaban J connectivity index is 1.96. The number of halogens is 1. The summed E-state index contributed by atoms with van der Waals surface area (Å²) < 4.78 is 1.14. The van der Waals surface area contributed by atoms with Crippen LogP contribution in [-0.4, -0.2) is 5.91 Å². The number of hydrogen-bond donors (Lipinski definition) is 1. The quantitative estimate of drug-likeness (QED) is 0.507. The number of carbonyl (C=O) groups is 1. The van der Waals surface area contributed by atoms with Crippen molar-refractivity contribution in [2.45, 2.75) is 27.2 Å². The fraction of sp³-hybridized carbons (Fsp3) is 0.250. The Hall–Kier alpha value is -1.62. The zero-order valence-corrected chi connectivity index (χ0v) is 15.9. The van der Waals surface area contributed by atoms with Crippen LogP contribution in [0.2, 0.25) is 0 Å². The minimum absolute atomic E-state index is 0.115. The number of nitrogens with one attached hydrogen (secondary N) is 1. The third-order valence-electron chi connectivity index (χ3n) is 3.49. The summed E-state index contributed by atoms with van der Waals surface area (Å²) in [6.07, 6.45) is 4.49. The summed E-state index contributed by atoms with van der Waals surface area (Å²) >= 11 is 2.27. The van der Waals surface area contributed by atoms with E-state index in [-0.39, 0.29) is 5.91 Å². The molecule has 2 nitrogen and oxygen atoms in total. The van der Waals surface area contributed by atoms with E-state index in [0.29, 0.717) is 5.92 Å². The molecule has 0 aliphatic rings. The molecule has 2 aromatic rings. The van der Waals surface area contributed by atoms with Gasteiger partial charge in [0.25, 0.3) is 0 Å². The minimum Gasteiger partial charge on any atom is -0.322 e. The molecule has 0 aliphatic heterocycles. The van der Waals surface area contributed by atoms with E-state index in [0.717, 1.165) is 21.2 Å². The molecule has 1 amide bonds. The zero-order valence-electron chi connectivity index (χ0n) is 13.8. The maximum Gasteiger partial charge on any atom is 0.248 e. The number of carbonyl (C=O) groups excluding carboxylic acids is 1. The molecule has 0 unspecified atom stereocenters. The second kappa shape index (κ2) is 8.29. The monoisotopic (exact) mass is 419 g/mol. The molecule has 0 heterocycles. The molecule has 120 valence electrons. The van der Waals surface area contributed by atoms with Gasteiger partial charge in [-0.25, -0.2) is 0 Å². The van der Waals surface area contributed by atoms with Gasteiger partial charge in [-0.05, 0) is 76.8 Å². The molecule has 3 heteroatoms. The maximum atomic E-state index is 12.0. The van der Waals surface area contributed by atoms with Crippen molar-refractivity contribution in [2.24, 2.45) is 5.92 Å². The molecule has 0 bridgehead atoms. The van der Waals surface area contributed by atoms with Gasteiger partial charge in [0.1, 0.15) is 0 Å². The molecule has 0 aliphatic carbocycles. The van der Waals surface area contributed by atoms with Crippen molar-refractivity contribution in [3.63, 3.8) is 0 Å². The van der Waals surface area contributed by atoms with Gasteiger partial charge in [0.15, 0.2) is 0 Å². The van der Waals surface area contributed by atoms with Crippen molar-refractivity contribution in [2.75, 3.05) is 5.32 Å². The number of amides is 1. The summed E-state index contributed by atoms with van der Waals surface area (Å²) in [6.45, 7) is 6.48. The Morgan fingerprint density at radius 2 is 1.87 bits per heavy atom. The van der Waals surface area contributed by atoms with Gasteiger partial charge in [0.2, 0.25) is 5.91 Å². The van der Waals surface area contributed by atoms with Crippen LogP contribution in [0.1, 0.15) is 30.5 Å². The fourth-order valence-corrected chi connectivity index (χ4v) is 2.78.